The van der Waals surface area contributed by atoms with E-state index in [-0.39, 0.29) is 17.4 Å². The number of amides is 1. The number of hydrogen-bond donors (Lipinski definition) is 1. The van der Waals surface area contributed by atoms with E-state index >= 15 is 0 Å². The van der Waals surface area contributed by atoms with Crippen LogP contribution in [0.25, 0.3) is 0 Å². The molecular formula is C10H8N2O4S. The highest BCUT2D eigenvalue weighted by Gasteiger charge is 2.20. The molecule has 1 heterocycles. The fourth-order valence-corrected chi connectivity index (χ4v) is 2.33. The third-order valence-electron chi connectivity index (χ3n) is 2.20. The summed E-state index contributed by atoms with van der Waals surface area (Å²) >= 11 is 0. The third-order valence-corrected chi connectivity index (χ3v) is 3.68. The van der Waals surface area contributed by atoms with Gasteiger partial charge in [0.2, 0.25) is 0 Å². The van der Waals surface area contributed by atoms with Crippen LogP contribution in [0.2, 0.25) is 0 Å². The van der Waals surface area contributed by atoms with Crippen LogP contribution < -0.4 is 10.1 Å². The summed E-state index contributed by atoms with van der Waals surface area (Å²) in [7, 11) is -3.63. The van der Waals surface area contributed by atoms with Crippen LogP contribution in [0.15, 0.2) is 23.1 Å². The highest BCUT2D eigenvalue weighted by atomic mass is 32.2. The lowest BCUT2D eigenvalue weighted by Gasteiger charge is -2.18. The molecule has 1 aromatic rings. The highest BCUT2D eigenvalue weighted by Crippen LogP contribution is 2.30. The van der Waals surface area contributed by atoms with Gasteiger partial charge in [-0.1, -0.05) is 0 Å². The summed E-state index contributed by atoms with van der Waals surface area (Å²) < 4.78 is 28.3. The number of benzene rings is 1. The van der Waals surface area contributed by atoms with Crippen LogP contribution in [-0.2, 0) is 14.6 Å². The Labute approximate surface area is 97.7 Å². The standard InChI is InChI=1S/C10H8N2O4S/c11-3-4-17(14,15)7-1-2-9-8(5-7)12-10(13)6-16-9/h1-2,5H,4,6H2,(H,12,13). The number of nitrogens with one attached hydrogen (secondary N) is 1. The number of carbonyl (C=O) groups excluding carboxylic acids is 1. The minimum absolute atomic E-state index is 0.0106. The molecule has 0 unspecified atom stereocenters. The first-order valence-corrected chi connectivity index (χ1v) is 6.34. The molecule has 0 aliphatic carbocycles. The van der Waals surface area contributed by atoms with Gasteiger partial charge in [0.05, 0.1) is 16.7 Å². The second kappa shape index (κ2) is 4.07. The molecule has 0 bridgehead atoms. The molecule has 0 spiro atoms. The molecule has 0 saturated carbocycles. The number of ether oxygens (including phenoxy) is 1. The average molecular weight is 252 g/mol. The molecule has 1 aliphatic rings. The molecule has 6 nitrogen and oxygen atoms in total. The van der Waals surface area contributed by atoms with Crippen molar-refractivity contribution in [2.24, 2.45) is 0 Å². The topological polar surface area (TPSA) is 96.3 Å². The summed E-state index contributed by atoms with van der Waals surface area (Å²) in [4.78, 5) is 11.1. The zero-order valence-electron chi connectivity index (χ0n) is 8.63. The van der Waals surface area contributed by atoms with Gasteiger partial charge in [-0.2, -0.15) is 5.26 Å². The third kappa shape index (κ3) is 2.21. The molecular weight excluding hydrogens is 244 g/mol. The van der Waals surface area contributed by atoms with Crippen molar-refractivity contribution in [3.63, 3.8) is 0 Å². The number of sulfone groups is 1. The number of carbonyl (C=O) groups is 1. The Balaban J connectivity index is 2.44. The van der Waals surface area contributed by atoms with Gasteiger partial charge in [0.1, 0.15) is 11.5 Å². The Morgan fingerprint density at radius 2 is 2.24 bits per heavy atom. The minimum Gasteiger partial charge on any atom is -0.482 e. The number of fused-ring (bicyclic) bond motifs is 1. The van der Waals surface area contributed by atoms with Crippen LogP contribution in [0.4, 0.5) is 5.69 Å². The first-order valence-electron chi connectivity index (χ1n) is 4.69. The normalized spacial score (nSPS) is 14.2. The molecule has 0 atom stereocenters. The predicted molar refractivity (Wildman–Crippen MR) is 58.2 cm³/mol. The lowest BCUT2D eigenvalue weighted by molar-refractivity contribution is -0.118. The quantitative estimate of drug-likeness (QED) is 0.817. The molecule has 1 amide bonds. The number of nitrogens with zero attached hydrogens (tertiary/aromatic N) is 1. The lowest BCUT2D eigenvalue weighted by Crippen LogP contribution is -2.25. The Kier molecular flexibility index (Phi) is 2.73. The van der Waals surface area contributed by atoms with Crippen LogP contribution >= 0.6 is 0 Å². The molecule has 0 radical (unpaired) electrons. The van der Waals surface area contributed by atoms with Gasteiger partial charge in [0.15, 0.2) is 16.4 Å². The molecule has 1 aromatic carbocycles. The number of rotatable bonds is 2. The van der Waals surface area contributed by atoms with Crippen LogP contribution in [-0.4, -0.2) is 26.7 Å². The Bertz CT molecular complexity index is 616. The van der Waals surface area contributed by atoms with Crippen molar-refractivity contribution in [1.29, 1.82) is 5.26 Å². The Morgan fingerprint density at radius 1 is 1.47 bits per heavy atom. The summed E-state index contributed by atoms with van der Waals surface area (Å²) in [6.45, 7) is -0.0860. The highest BCUT2D eigenvalue weighted by molar-refractivity contribution is 7.91. The molecule has 17 heavy (non-hydrogen) atoms. The molecule has 0 aromatic heterocycles. The van der Waals surface area contributed by atoms with E-state index in [4.69, 9.17) is 10.00 Å². The first kappa shape index (κ1) is 11.4. The minimum atomic E-state index is -3.63. The maximum Gasteiger partial charge on any atom is 0.262 e. The summed E-state index contributed by atoms with van der Waals surface area (Å²) in [6, 6.07) is 5.69. The van der Waals surface area contributed by atoms with Crippen molar-refractivity contribution in [3.05, 3.63) is 18.2 Å². The van der Waals surface area contributed by atoms with Gasteiger partial charge in [-0.25, -0.2) is 8.42 Å². The molecule has 88 valence electrons. The van der Waals surface area contributed by atoms with E-state index < -0.39 is 15.6 Å². The van der Waals surface area contributed by atoms with Gasteiger partial charge < -0.3 is 10.1 Å². The van der Waals surface area contributed by atoms with Gasteiger partial charge in [0.25, 0.3) is 5.91 Å². The molecule has 0 fully saturated rings. The van der Waals surface area contributed by atoms with Crippen molar-refractivity contribution in [2.45, 2.75) is 4.90 Å². The van der Waals surface area contributed by atoms with Crippen molar-refractivity contribution >= 4 is 21.4 Å². The molecule has 1 N–H and O–H groups in total. The Morgan fingerprint density at radius 3 is 2.94 bits per heavy atom. The largest absolute Gasteiger partial charge is 0.482 e. The van der Waals surface area contributed by atoms with Crippen molar-refractivity contribution in [3.8, 4) is 11.8 Å². The molecule has 0 saturated heterocycles. The van der Waals surface area contributed by atoms with Crippen LogP contribution in [0.5, 0.6) is 5.75 Å². The van der Waals surface area contributed by atoms with Crippen molar-refractivity contribution < 1.29 is 17.9 Å². The van der Waals surface area contributed by atoms with Gasteiger partial charge in [-0.3, -0.25) is 4.79 Å². The van der Waals surface area contributed by atoms with Crippen molar-refractivity contribution in [2.75, 3.05) is 17.7 Å². The van der Waals surface area contributed by atoms with Crippen molar-refractivity contribution in [1.82, 2.24) is 0 Å². The monoisotopic (exact) mass is 252 g/mol. The predicted octanol–water partition coefficient (Wildman–Crippen LogP) is 0.315. The van der Waals surface area contributed by atoms with E-state index in [0.29, 0.717) is 11.4 Å². The van der Waals surface area contributed by atoms with E-state index in [1.165, 1.54) is 18.2 Å². The summed E-state index contributed by atoms with van der Waals surface area (Å²) in [5.74, 6) is -0.520. The smallest absolute Gasteiger partial charge is 0.262 e. The fourth-order valence-electron chi connectivity index (χ4n) is 1.42. The van der Waals surface area contributed by atoms with Gasteiger partial charge >= 0.3 is 0 Å². The average Bonchev–Trinajstić information content (AvgIpc) is 2.28. The Hall–Kier alpha value is -2.07. The zero-order valence-corrected chi connectivity index (χ0v) is 9.45. The van der Waals surface area contributed by atoms with Gasteiger partial charge in [-0.15, -0.1) is 0 Å². The van der Waals surface area contributed by atoms with E-state index in [9.17, 15) is 13.2 Å². The second-order valence-corrected chi connectivity index (χ2v) is 5.40. The van der Waals surface area contributed by atoms with Crippen LogP contribution in [0.1, 0.15) is 0 Å². The first-order chi connectivity index (χ1) is 8.03. The number of anilines is 1. The maximum atomic E-state index is 11.6. The molecule has 7 heteroatoms. The maximum absolute atomic E-state index is 11.6. The van der Waals surface area contributed by atoms with Crippen LogP contribution in [0.3, 0.4) is 0 Å². The second-order valence-electron chi connectivity index (χ2n) is 3.41. The van der Waals surface area contributed by atoms with E-state index in [1.807, 2.05) is 0 Å². The van der Waals surface area contributed by atoms with E-state index in [1.54, 1.807) is 6.07 Å². The molecule has 2 rings (SSSR count). The van der Waals surface area contributed by atoms with E-state index in [0.717, 1.165) is 0 Å². The zero-order chi connectivity index (χ0) is 12.5. The lowest BCUT2D eigenvalue weighted by atomic mass is 10.2. The van der Waals surface area contributed by atoms with E-state index in [2.05, 4.69) is 5.32 Å². The summed E-state index contributed by atoms with van der Waals surface area (Å²) in [6.07, 6.45) is 0. The summed E-state index contributed by atoms with van der Waals surface area (Å²) in [5, 5.41) is 10.9. The van der Waals surface area contributed by atoms with Crippen LogP contribution in [0, 0.1) is 11.3 Å². The van der Waals surface area contributed by atoms with Gasteiger partial charge in [-0.05, 0) is 18.2 Å². The van der Waals surface area contributed by atoms with Gasteiger partial charge in [0, 0.05) is 0 Å². The molecule has 1 aliphatic heterocycles. The fraction of sp³-hybridized carbons (Fsp3) is 0.200. The number of hydrogen-bond acceptors (Lipinski definition) is 5. The number of nitriles is 1. The summed E-state index contributed by atoms with van der Waals surface area (Å²) in [5.41, 5.74) is 0.306. The SMILES string of the molecule is N#CCS(=O)(=O)c1ccc2c(c1)NC(=O)CO2.